The molecule has 5 aromatic rings. The molecule has 0 aliphatic heterocycles. The summed E-state index contributed by atoms with van der Waals surface area (Å²) in [6.07, 6.45) is 1.62. The van der Waals surface area contributed by atoms with Crippen LogP contribution in [-0.4, -0.2) is 17.8 Å². The quantitative estimate of drug-likeness (QED) is 0.279. The van der Waals surface area contributed by atoms with Gasteiger partial charge in [-0.05, 0) is 48.9 Å². The van der Waals surface area contributed by atoms with Crippen molar-refractivity contribution in [1.82, 2.24) is 9.38 Å². The summed E-state index contributed by atoms with van der Waals surface area (Å²) in [5, 5.41) is 0.170. The second-order valence-corrected chi connectivity index (χ2v) is 10.8. The van der Waals surface area contributed by atoms with Gasteiger partial charge in [0.05, 0.1) is 11.4 Å². The van der Waals surface area contributed by atoms with Crippen molar-refractivity contribution in [3.63, 3.8) is 0 Å². The molecule has 3 heterocycles. The summed E-state index contributed by atoms with van der Waals surface area (Å²) in [7, 11) is -4.01. The molecule has 0 unspecified atom stereocenters. The van der Waals surface area contributed by atoms with Crippen LogP contribution in [0.1, 0.15) is 11.1 Å². The number of aromatic nitrogens is 3. The Balaban J connectivity index is 1.88. The van der Waals surface area contributed by atoms with Gasteiger partial charge in [-0.3, -0.25) is 9.20 Å². The van der Waals surface area contributed by atoms with Crippen molar-refractivity contribution < 1.29 is 13.0 Å². The summed E-state index contributed by atoms with van der Waals surface area (Å²) in [6.45, 7) is 2.12. The number of fused-ring (bicyclic) bond motifs is 2. The first-order chi connectivity index (χ1) is 16.3. The van der Waals surface area contributed by atoms with Gasteiger partial charge in [0.25, 0.3) is 11.2 Å². The van der Waals surface area contributed by atoms with E-state index >= 15 is 0 Å². The predicted octanol–water partition coefficient (Wildman–Crippen LogP) is 3.67. The summed E-state index contributed by atoms with van der Waals surface area (Å²) in [4.78, 5) is 18.2. The number of benzene rings is 2. The van der Waals surface area contributed by atoms with Crippen molar-refractivity contribution in [2.24, 2.45) is 0 Å². The first-order valence-electron chi connectivity index (χ1n) is 10.5. The van der Waals surface area contributed by atoms with Gasteiger partial charge in [-0.25, -0.2) is 13.0 Å². The van der Waals surface area contributed by atoms with Crippen LogP contribution in [0.15, 0.2) is 98.1 Å². The Morgan fingerprint density at radius 2 is 1.74 bits per heavy atom. The van der Waals surface area contributed by atoms with Crippen LogP contribution in [-0.2, 0) is 16.4 Å². The van der Waals surface area contributed by atoms with E-state index in [0.717, 1.165) is 15.6 Å². The lowest BCUT2D eigenvalue weighted by Crippen LogP contribution is -2.42. The van der Waals surface area contributed by atoms with Crippen molar-refractivity contribution in [2.45, 2.75) is 23.3 Å². The highest BCUT2D eigenvalue weighted by molar-refractivity contribution is 9.10. The minimum absolute atomic E-state index is 0.0177. The van der Waals surface area contributed by atoms with Gasteiger partial charge in [-0.1, -0.05) is 57.3 Å². The van der Waals surface area contributed by atoms with E-state index in [1.54, 1.807) is 29.0 Å². The van der Waals surface area contributed by atoms with E-state index in [0.29, 0.717) is 11.3 Å². The lowest BCUT2D eigenvalue weighted by Gasteiger charge is -2.13. The van der Waals surface area contributed by atoms with Crippen LogP contribution >= 0.6 is 15.9 Å². The topological polar surface area (TPSA) is 98.4 Å². The zero-order valence-corrected chi connectivity index (χ0v) is 20.5. The van der Waals surface area contributed by atoms with Crippen LogP contribution in [0.5, 0.6) is 0 Å². The van der Waals surface area contributed by atoms with Crippen LogP contribution in [0.25, 0.3) is 16.7 Å². The van der Waals surface area contributed by atoms with Crippen LogP contribution in [0.3, 0.4) is 0 Å². The number of hydrogen-bond donors (Lipinski definition) is 1. The molecule has 0 spiro atoms. The van der Waals surface area contributed by atoms with Gasteiger partial charge in [-0.15, -0.1) is 0 Å². The highest BCUT2D eigenvalue weighted by Crippen LogP contribution is 2.27. The fraction of sp³-hybridized carbons (Fsp3) is 0.0800. The third-order valence-electron chi connectivity index (χ3n) is 5.74. The Hall–Kier alpha value is -3.56. The van der Waals surface area contributed by atoms with E-state index < -0.39 is 9.84 Å². The SMILES string of the molecule is Cc1cccn2c(=O)c3cc(S(=O)(=O)c4ccc(Br)cc4)c(N)[n+](Cc4ccccc4)c3nc12. The standard InChI is InChI=1S/C25H19BrN4O3S/c1-16-6-5-13-29-23(16)28-24-20(25(29)31)14-21(34(32,33)19-11-9-18(26)10-12-19)22(27)30(24)15-17-7-3-2-4-8-17/h2-14,27H,15H2,1H3/p+1. The molecule has 0 bridgehead atoms. The third-order valence-corrected chi connectivity index (χ3v) is 8.06. The molecule has 9 heteroatoms. The van der Waals surface area contributed by atoms with Gasteiger partial charge in [-0.2, -0.15) is 0 Å². The van der Waals surface area contributed by atoms with E-state index in [9.17, 15) is 13.2 Å². The van der Waals surface area contributed by atoms with E-state index in [2.05, 4.69) is 15.9 Å². The van der Waals surface area contributed by atoms with Crippen LogP contribution in [0.2, 0.25) is 0 Å². The average molecular weight is 536 g/mol. The second-order valence-electron chi connectivity index (χ2n) is 7.96. The summed E-state index contributed by atoms with van der Waals surface area (Å²) < 4.78 is 31.0. The van der Waals surface area contributed by atoms with Crippen molar-refractivity contribution in [1.29, 1.82) is 0 Å². The minimum Gasteiger partial charge on any atom is -0.317 e. The number of nitrogens with two attached hydrogens (primary N) is 1. The van der Waals surface area contributed by atoms with Crippen molar-refractivity contribution in [2.75, 3.05) is 5.73 Å². The normalized spacial score (nSPS) is 11.8. The Kier molecular flexibility index (Phi) is 5.45. The van der Waals surface area contributed by atoms with Gasteiger partial charge in [0, 0.05) is 16.2 Å². The van der Waals surface area contributed by atoms with E-state index in [4.69, 9.17) is 10.7 Å². The number of halogens is 1. The molecule has 0 amide bonds. The monoisotopic (exact) mass is 535 g/mol. The fourth-order valence-corrected chi connectivity index (χ4v) is 5.64. The molecule has 0 radical (unpaired) electrons. The van der Waals surface area contributed by atoms with E-state index in [1.807, 2.05) is 43.3 Å². The second kappa shape index (κ2) is 8.34. The number of sulfone groups is 1. The number of pyridine rings is 2. The smallest absolute Gasteiger partial charge is 0.278 e. The molecule has 0 aliphatic rings. The first kappa shape index (κ1) is 22.2. The Bertz CT molecular complexity index is 1730. The van der Waals surface area contributed by atoms with Crippen LogP contribution in [0.4, 0.5) is 5.82 Å². The number of anilines is 1. The van der Waals surface area contributed by atoms with Crippen molar-refractivity contribution >= 4 is 48.3 Å². The van der Waals surface area contributed by atoms with Gasteiger partial charge in [0.15, 0.2) is 0 Å². The molecule has 0 saturated heterocycles. The molecule has 3 aromatic heterocycles. The molecular weight excluding hydrogens is 516 g/mol. The van der Waals surface area contributed by atoms with Crippen LogP contribution in [0, 0.1) is 6.92 Å². The Labute approximate surface area is 204 Å². The first-order valence-corrected chi connectivity index (χ1v) is 12.7. The van der Waals surface area contributed by atoms with Gasteiger partial charge >= 0.3 is 0 Å². The Morgan fingerprint density at radius 1 is 1.03 bits per heavy atom. The third kappa shape index (κ3) is 3.66. The molecule has 34 heavy (non-hydrogen) atoms. The maximum Gasteiger partial charge on any atom is 0.278 e. The fourth-order valence-electron chi connectivity index (χ4n) is 3.97. The zero-order chi connectivity index (χ0) is 24.0. The summed E-state index contributed by atoms with van der Waals surface area (Å²) >= 11 is 3.33. The lowest BCUT2D eigenvalue weighted by atomic mass is 10.2. The number of rotatable bonds is 4. The molecule has 170 valence electrons. The number of hydrogen-bond acceptors (Lipinski definition) is 5. The van der Waals surface area contributed by atoms with Crippen LogP contribution < -0.4 is 15.9 Å². The summed E-state index contributed by atoms with van der Waals surface area (Å²) in [5.74, 6) is 0.0177. The Morgan fingerprint density at radius 3 is 2.44 bits per heavy atom. The van der Waals surface area contributed by atoms with Gasteiger partial charge < -0.3 is 5.73 Å². The average Bonchev–Trinajstić information content (AvgIpc) is 2.82. The molecule has 0 saturated carbocycles. The highest BCUT2D eigenvalue weighted by atomic mass is 79.9. The molecule has 5 rings (SSSR count). The highest BCUT2D eigenvalue weighted by Gasteiger charge is 2.29. The molecule has 0 fully saturated rings. The summed E-state index contributed by atoms with van der Waals surface area (Å²) in [5.41, 5.74) is 8.68. The maximum absolute atomic E-state index is 13.6. The number of nitrogens with zero attached hydrogens (tertiary/aromatic N) is 3. The molecule has 0 atom stereocenters. The molecular formula is C25H20BrN4O3S+. The maximum atomic E-state index is 13.6. The van der Waals surface area contributed by atoms with Crippen molar-refractivity contribution in [3.05, 3.63) is 105 Å². The zero-order valence-electron chi connectivity index (χ0n) is 18.1. The summed E-state index contributed by atoms with van der Waals surface area (Å²) in [6, 6.07) is 20.7. The minimum atomic E-state index is -4.01. The van der Waals surface area contributed by atoms with E-state index in [1.165, 1.54) is 22.6 Å². The lowest BCUT2D eigenvalue weighted by molar-refractivity contribution is -0.651. The number of aryl methyl sites for hydroxylation is 1. The largest absolute Gasteiger partial charge is 0.317 e. The molecule has 2 N–H and O–H groups in total. The van der Waals surface area contributed by atoms with Crippen molar-refractivity contribution in [3.8, 4) is 0 Å². The van der Waals surface area contributed by atoms with E-state index in [-0.39, 0.29) is 33.1 Å². The van der Waals surface area contributed by atoms with Gasteiger partial charge in [0.2, 0.25) is 21.3 Å². The molecule has 7 nitrogen and oxygen atoms in total. The molecule has 2 aromatic carbocycles. The molecule has 0 aliphatic carbocycles. The van der Waals surface area contributed by atoms with Gasteiger partial charge in [0.1, 0.15) is 10.3 Å². The number of nitrogen functional groups attached to an aromatic ring is 1. The predicted molar refractivity (Wildman–Crippen MR) is 133 cm³/mol.